The molecule has 0 aliphatic carbocycles. The second kappa shape index (κ2) is 9.72. The van der Waals surface area contributed by atoms with Gasteiger partial charge in [-0.2, -0.15) is 0 Å². The Morgan fingerprint density at radius 1 is 0.600 bits per heavy atom. The van der Waals surface area contributed by atoms with Gasteiger partial charge in [-0.3, -0.25) is 29.0 Å². The number of nitrogens with zero attached hydrogens (tertiary/aromatic N) is 6. The molecule has 0 N–H and O–H groups in total. The van der Waals surface area contributed by atoms with Gasteiger partial charge in [-0.15, -0.1) is 0 Å². The molecule has 204 valence electrons. The summed E-state index contributed by atoms with van der Waals surface area (Å²) in [4.78, 5) is 71.6. The zero-order chi connectivity index (χ0) is 28.3. The van der Waals surface area contributed by atoms with Crippen molar-refractivity contribution in [2.45, 2.75) is 12.8 Å². The van der Waals surface area contributed by atoms with Crippen molar-refractivity contribution in [2.24, 2.45) is 0 Å². The fraction of sp³-hybridized carbons (Fsp3) is 0.333. The molecule has 1 aromatic heterocycles. The van der Waals surface area contributed by atoms with Crippen LogP contribution < -0.4 is 0 Å². The van der Waals surface area contributed by atoms with Crippen molar-refractivity contribution in [3.8, 4) is 0 Å². The smallest absolute Gasteiger partial charge is 0.263 e. The number of imide groups is 2. The van der Waals surface area contributed by atoms with Crippen molar-refractivity contribution in [3.05, 3.63) is 58.7 Å². The first-order valence-electron chi connectivity index (χ1n) is 13.4. The van der Waals surface area contributed by atoms with Crippen molar-refractivity contribution in [1.82, 2.24) is 29.6 Å². The molecular formula is C30H30N6O4. The highest BCUT2D eigenvalue weighted by molar-refractivity contribution is 6.38. The van der Waals surface area contributed by atoms with Gasteiger partial charge in [0.05, 0.1) is 22.2 Å². The molecule has 4 aromatic rings. The number of amides is 4. The number of hydrogen-bond donors (Lipinski definition) is 0. The summed E-state index contributed by atoms with van der Waals surface area (Å²) in [5.74, 6) is -1.84. The second-order valence-electron chi connectivity index (χ2n) is 10.9. The van der Waals surface area contributed by atoms with Crippen molar-refractivity contribution >= 4 is 56.5 Å². The van der Waals surface area contributed by atoms with E-state index >= 15 is 0 Å². The Balaban J connectivity index is 1.63. The lowest BCUT2D eigenvalue weighted by Crippen LogP contribution is -2.44. The summed E-state index contributed by atoms with van der Waals surface area (Å²) < 4.78 is 0. The predicted octanol–water partition coefficient (Wildman–Crippen LogP) is 3.03. The average molecular weight is 539 g/mol. The number of hydrogen-bond acceptors (Lipinski definition) is 8. The highest BCUT2D eigenvalue weighted by atomic mass is 16.2. The number of para-hydroxylation sites is 2. The molecule has 0 fully saturated rings. The summed E-state index contributed by atoms with van der Waals surface area (Å²) in [6.07, 6.45) is 1.20. The normalized spacial score (nSPS) is 15.2. The highest BCUT2D eigenvalue weighted by Crippen LogP contribution is 2.42. The Labute approximate surface area is 231 Å². The van der Waals surface area contributed by atoms with E-state index in [2.05, 4.69) is 0 Å². The number of benzene rings is 3. The van der Waals surface area contributed by atoms with Gasteiger partial charge < -0.3 is 9.80 Å². The molecule has 0 bridgehead atoms. The maximum atomic E-state index is 14.0. The van der Waals surface area contributed by atoms with E-state index in [0.717, 1.165) is 0 Å². The molecule has 10 nitrogen and oxygen atoms in total. The first kappa shape index (κ1) is 26.0. The summed E-state index contributed by atoms with van der Waals surface area (Å²) in [6.45, 7) is 1.88. The molecule has 0 unspecified atom stereocenters. The van der Waals surface area contributed by atoms with Gasteiger partial charge in [0.2, 0.25) is 0 Å². The third-order valence-electron chi connectivity index (χ3n) is 7.59. The van der Waals surface area contributed by atoms with Gasteiger partial charge in [-0.05, 0) is 78.4 Å². The van der Waals surface area contributed by atoms with Gasteiger partial charge in [-0.25, -0.2) is 9.97 Å². The fourth-order valence-electron chi connectivity index (χ4n) is 5.72. The van der Waals surface area contributed by atoms with Crippen LogP contribution in [0, 0.1) is 0 Å². The minimum absolute atomic E-state index is 0.218. The fourth-order valence-corrected chi connectivity index (χ4v) is 5.72. The van der Waals surface area contributed by atoms with Gasteiger partial charge in [-0.1, -0.05) is 12.1 Å². The molecule has 0 saturated carbocycles. The Bertz CT molecular complexity index is 1640. The third kappa shape index (κ3) is 3.94. The Morgan fingerprint density at radius 3 is 1.38 bits per heavy atom. The third-order valence-corrected chi connectivity index (χ3v) is 7.59. The minimum atomic E-state index is -0.483. The first-order chi connectivity index (χ1) is 19.2. The van der Waals surface area contributed by atoms with Crippen LogP contribution in [0.15, 0.2) is 36.4 Å². The zero-order valence-electron chi connectivity index (χ0n) is 23.0. The molecule has 0 atom stereocenters. The molecule has 0 radical (unpaired) electrons. The zero-order valence-corrected chi connectivity index (χ0v) is 23.0. The van der Waals surface area contributed by atoms with Crippen LogP contribution >= 0.6 is 0 Å². The molecule has 2 aliphatic rings. The molecule has 3 aromatic carbocycles. The van der Waals surface area contributed by atoms with Crippen molar-refractivity contribution < 1.29 is 19.2 Å². The largest absolute Gasteiger partial charge is 0.309 e. The summed E-state index contributed by atoms with van der Waals surface area (Å²) in [5, 5.41) is 0.635. The lowest BCUT2D eigenvalue weighted by atomic mass is 9.84. The summed E-state index contributed by atoms with van der Waals surface area (Å²) in [5.41, 5.74) is 2.69. The van der Waals surface area contributed by atoms with E-state index < -0.39 is 23.6 Å². The molecule has 6 rings (SSSR count). The number of aromatic nitrogens is 2. The van der Waals surface area contributed by atoms with E-state index in [0.29, 0.717) is 47.7 Å². The Hall–Kier alpha value is -4.28. The van der Waals surface area contributed by atoms with E-state index in [9.17, 15) is 19.2 Å². The van der Waals surface area contributed by atoms with Crippen LogP contribution in [0.1, 0.15) is 54.3 Å². The van der Waals surface area contributed by atoms with E-state index in [4.69, 9.17) is 9.97 Å². The number of carbonyl (C=O) groups is 4. The van der Waals surface area contributed by atoms with E-state index in [-0.39, 0.29) is 46.4 Å². The Morgan fingerprint density at radius 2 is 1.00 bits per heavy atom. The monoisotopic (exact) mass is 538 g/mol. The van der Waals surface area contributed by atoms with Crippen LogP contribution in [0.2, 0.25) is 0 Å². The van der Waals surface area contributed by atoms with E-state index in [1.807, 2.05) is 50.1 Å². The van der Waals surface area contributed by atoms with Crippen LogP contribution in [0.3, 0.4) is 0 Å². The topological polar surface area (TPSA) is 107 Å². The number of fused-ring (bicyclic) bond motifs is 4. The summed E-state index contributed by atoms with van der Waals surface area (Å²) >= 11 is 0. The maximum absolute atomic E-state index is 14.0. The quantitative estimate of drug-likeness (QED) is 0.249. The van der Waals surface area contributed by atoms with Crippen LogP contribution in [0.25, 0.3) is 32.8 Å². The van der Waals surface area contributed by atoms with E-state index in [1.54, 1.807) is 24.3 Å². The lowest BCUT2D eigenvalue weighted by Gasteiger charge is -2.33. The van der Waals surface area contributed by atoms with Crippen LogP contribution in [-0.2, 0) is 0 Å². The summed E-state index contributed by atoms with van der Waals surface area (Å²) in [7, 11) is 7.74. The molecule has 3 heterocycles. The molecule has 0 saturated heterocycles. The van der Waals surface area contributed by atoms with Crippen LogP contribution in [0.5, 0.6) is 0 Å². The van der Waals surface area contributed by atoms with Gasteiger partial charge in [0.15, 0.2) is 0 Å². The van der Waals surface area contributed by atoms with Crippen molar-refractivity contribution in [1.29, 1.82) is 0 Å². The lowest BCUT2D eigenvalue weighted by molar-refractivity contribution is 0.0586. The SMILES string of the molecule is CN(C)CCCN1C(=O)c2ccc3c4c(c5nc6ccccc6nc5c(c24)C1=O)C(=O)N(CCCN(C)C)C3=O. The van der Waals surface area contributed by atoms with Crippen LogP contribution in [-0.4, -0.2) is 108 Å². The van der Waals surface area contributed by atoms with Gasteiger partial charge in [0.25, 0.3) is 23.6 Å². The van der Waals surface area contributed by atoms with Crippen LogP contribution in [0.4, 0.5) is 0 Å². The summed E-state index contributed by atoms with van der Waals surface area (Å²) in [6, 6.07) is 10.5. The first-order valence-corrected chi connectivity index (χ1v) is 13.4. The van der Waals surface area contributed by atoms with E-state index in [1.165, 1.54) is 9.80 Å². The number of rotatable bonds is 8. The van der Waals surface area contributed by atoms with Crippen molar-refractivity contribution in [2.75, 3.05) is 54.4 Å². The van der Waals surface area contributed by atoms with Gasteiger partial charge in [0.1, 0.15) is 11.0 Å². The molecule has 4 amide bonds. The van der Waals surface area contributed by atoms with Gasteiger partial charge >= 0.3 is 0 Å². The van der Waals surface area contributed by atoms with Gasteiger partial charge in [0, 0.05) is 35.0 Å². The minimum Gasteiger partial charge on any atom is -0.309 e. The number of carbonyl (C=O) groups excluding carboxylic acids is 4. The predicted molar refractivity (Wildman–Crippen MR) is 152 cm³/mol. The maximum Gasteiger partial charge on any atom is 0.263 e. The molecule has 2 aliphatic heterocycles. The molecule has 40 heavy (non-hydrogen) atoms. The molecule has 10 heteroatoms. The van der Waals surface area contributed by atoms with Crippen molar-refractivity contribution in [3.63, 3.8) is 0 Å². The average Bonchev–Trinajstić information content (AvgIpc) is 2.92. The highest BCUT2D eigenvalue weighted by Gasteiger charge is 2.42. The Kier molecular flexibility index (Phi) is 6.31. The second-order valence-corrected chi connectivity index (χ2v) is 10.9. The molecular weight excluding hydrogens is 508 g/mol. The standard InChI is InChI=1S/C30H30N6O4/c1-33(2)13-7-15-35-27(37)17-11-12-18-22-21(17)23(29(35)39)25-26(32-20-10-6-5-9-19(20)31-25)24(22)30(40)36(28(18)38)16-8-14-34(3)4/h5-6,9-12H,7-8,13-16H2,1-4H3. The molecule has 0 spiro atoms.